The smallest absolute Gasteiger partial charge is 0.306 e. The Bertz CT molecular complexity index is 213. The Labute approximate surface area is 90.6 Å². The van der Waals surface area contributed by atoms with Gasteiger partial charge < -0.3 is 9.47 Å². The van der Waals surface area contributed by atoms with E-state index in [0.717, 1.165) is 0 Å². The molecule has 5 heteroatoms. The maximum Gasteiger partial charge on any atom is 0.306 e. The molecule has 0 heterocycles. The molecule has 0 bridgehead atoms. The number of nitriles is 1. The van der Waals surface area contributed by atoms with Crippen LogP contribution in [0, 0.1) is 11.3 Å². The third kappa shape index (κ3) is 7.91. The van der Waals surface area contributed by atoms with E-state index in [0.29, 0.717) is 39.3 Å². The lowest BCUT2D eigenvalue weighted by Gasteiger charge is -2.17. The molecule has 0 radical (unpaired) electrons. The molecule has 0 aliphatic carbocycles. The number of carbonyl (C=O) groups excluding carboxylic acids is 1. The van der Waals surface area contributed by atoms with Crippen LogP contribution in [0.2, 0.25) is 0 Å². The van der Waals surface area contributed by atoms with Gasteiger partial charge in [0.15, 0.2) is 0 Å². The molecule has 5 nitrogen and oxygen atoms in total. The molecule has 86 valence electrons. The van der Waals surface area contributed by atoms with Crippen LogP contribution in [0.1, 0.15) is 13.3 Å². The van der Waals surface area contributed by atoms with E-state index in [1.807, 2.05) is 11.8 Å². The molecule has 15 heavy (non-hydrogen) atoms. The van der Waals surface area contributed by atoms with E-state index in [4.69, 9.17) is 10.00 Å². The number of methoxy groups -OCH3 is 1. The standard InChI is InChI=1S/C10H18N2O3/c1-3-15-9-8-12(7-5-11)6-4-10(13)14-2/h3-4,6-9H2,1-2H3. The summed E-state index contributed by atoms with van der Waals surface area (Å²) in [4.78, 5) is 12.8. The molecular weight excluding hydrogens is 196 g/mol. The molecule has 0 aromatic carbocycles. The molecule has 0 rings (SSSR count). The van der Waals surface area contributed by atoms with Gasteiger partial charge in [-0.15, -0.1) is 0 Å². The zero-order valence-corrected chi connectivity index (χ0v) is 9.36. The second-order valence-electron chi connectivity index (χ2n) is 2.96. The molecular formula is C10H18N2O3. The molecule has 0 amide bonds. The van der Waals surface area contributed by atoms with Crippen LogP contribution in [-0.2, 0) is 14.3 Å². The van der Waals surface area contributed by atoms with Crippen LogP contribution in [-0.4, -0.2) is 50.8 Å². The molecule has 0 aromatic heterocycles. The summed E-state index contributed by atoms with van der Waals surface area (Å²) in [7, 11) is 1.36. The topological polar surface area (TPSA) is 62.6 Å². The summed E-state index contributed by atoms with van der Waals surface area (Å²) in [5.41, 5.74) is 0. The molecule has 0 unspecified atom stereocenters. The van der Waals surface area contributed by atoms with Crippen LogP contribution < -0.4 is 0 Å². The summed E-state index contributed by atoms with van der Waals surface area (Å²) in [6, 6.07) is 2.05. The van der Waals surface area contributed by atoms with Crippen LogP contribution in [0.25, 0.3) is 0 Å². The van der Waals surface area contributed by atoms with Crippen LogP contribution in [0.3, 0.4) is 0 Å². The molecule has 0 aromatic rings. The normalized spacial score (nSPS) is 10.0. The van der Waals surface area contributed by atoms with Gasteiger partial charge in [0, 0.05) is 19.7 Å². The summed E-state index contributed by atoms with van der Waals surface area (Å²) in [5.74, 6) is -0.255. The van der Waals surface area contributed by atoms with E-state index in [-0.39, 0.29) is 5.97 Å². The first-order chi connectivity index (χ1) is 7.24. The van der Waals surface area contributed by atoms with Gasteiger partial charge in [0.1, 0.15) is 0 Å². The van der Waals surface area contributed by atoms with Crippen molar-refractivity contribution in [3.8, 4) is 6.07 Å². The first-order valence-electron chi connectivity index (χ1n) is 4.98. The van der Waals surface area contributed by atoms with Crippen LogP contribution in [0.4, 0.5) is 0 Å². The Kier molecular flexibility index (Phi) is 8.73. The largest absolute Gasteiger partial charge is 0.469 e. The average molecular weight is 214 g/mol. The SMILES string of the molecule is CCOCCN(CC#N)CCC(=O)OC. The Balaban J connectivity index is 3.73. The third-order valence-electron chi connectivity index (χ3n) is 1.91. The zero-order valence-electron chi connectivity index (χ0n) is 9.36. The van der Waals surface area contributed by atoms with Crippen LogP contribution in [0.5, 0.6) is 0 Å². The molecule has 0 fully saturated rings. The van der Waals surface area contributed by atoms with Crippen molar-refractivity contribution >= 4 is 5.97 Å². The predicted octanol–water partition coefficient (Wildman–Crippen LogP) is 0.412. The monoisotopic (exact) mass is 214 g/mol. The minimum atomic E-state index is -0.255. The van der Waals surface area contributed by atoms with E-state index in [2.05, 4.69) is 10.8 Å². The highest BCUT2D eigenvalue weighted by molar-refractivity contribution is 5.69. The van der Waals surface area contributed by atoms with E-state index in [1.165, 1.54) is 7.11 Å². The van der Waals surface area contributed by atoms with Gasteiger partial charge in [0.25, 0.3) is 0 Å². The molecule has 0 spiro atoms. The lowest BCUT2D eigenvalue weighted by atomic mass is 10.3. The second-order valence-corrected chi connectivity index (χ2v) is 2.96. The number of nitrogens with zero attached hydrogens (tertiary/aromatic N) is 2. The summed E-state index contributed by atoms with van der Waals surface area (Å²) >= 11 is 0. The van der Waals surface area contributed by atoms with Gasteiger partial charge in [-0.1, -0.05) is 0 Å². The van der Waals surface area contributed by atoms with Crippen LogP contribution in [0.15, 0.2) is 0 Å². The van der Waals surface area contributed by atoms with Gasteiger partial charge in [-0.2, -0.15) is 5.26 Å². The maximum absolute atomic E-state index is 10.9. The van der Waals surface area contributed by atoms with Gasteiger partial charge in [0.05, 0.1) is 32.8 Å². The lowest BCUT2D eigenvalue weighted by Crippen LogP contribution is -2.30. The van der Waals surface area contributed by atoms with Crippen LogP contribution >= 0.6 is 0 Å². The third-order valence-corrected chi connectivity index (χ3v) is 1.91. The zero-order chi connectivity index (χ0) is 11.5. The number of esters is 1. The van der Waals surface area contributed by atoms with E-state index >= 15 is 0 Å². The van der Waals surface area contributed by atoms with Crippen molar-refractivity contribution in [3.63, 3.8) is 0 Å². The fraction of sp³-hybridized carbons (Fsp3) is 0.800. The van der Waals surface area contributed by atoms with Crippen molar-refractivity contribution in [2.75, 3.05) is 40.0 Å². The Morgan fingerprint density at radius 3 is 2.73 bits per heavy atom. The number of ether oxygens (including phenoxy) is 2. The van der Waals surface area contributed by atoms with E-state index < -0.39 is 0 Å². The predicted molar refractivity (Wildman–Crippen MR) is 55.2 cm³/mol. The first kappa shape index (κ1) is 13.9. The minimum absolute atomic E-state index is 0.255. The first-order valence-corrected chi connectivity index (χ1v) is 4.98. The molecule has 0 saturated heterocycles. The van der Waals surface area contributed by atoms with Gasteiger partial charge in [-0.25, -0.2) is 0 Å². The number of carbonyl (C=O) groups is 1. The van der Waals surface area contributed by atoms with Crippen molar-refractivity contribution in [1.82, 2.24) is 4.90 Å². The van der Waals surface area contributed by atoms with Crippen molar-refractivity contribution in [2.45, 2.75) is 13.3 Å². The average Bonchev–Trinajstić information content (AvgIpc) is 2.25. The maximum atomic E-state index is 10.9. The highest BCUT2D eigenvalue weighted by Crippen LogP contribution is 1.93. The van der Waals surface area contributed by atoms with Crippen molar-refractivity contribution in [2.24, 2.45) is 0 Å². The number of hydrogen-bond acceptors (Lipinski definition) is 5. The molecule has 0 aliphatic rings. The van der Waals surface area contributed by atoms with Gasteiger partial charge in [0.2, 0.25) is 0 Å². The fourth-order valence-corrected chi connectivity index (χ4v) is 1.06. The quantitative estimate of drug-likeness (QED) is 0.333. The number of rotatable bonds is 8. The van der Waals surface area contributed by atoms with Gasteiger partial charge in [-0.05, 0) is 6.92 Å². The summed E-state index contributed by atoms with van der Waals surface area (Å²) in [5, 5.41) is 8.57. The van der Waals surface area contributed by atoms with Crippen molar-refractivity contribution in [1.29, 1.82) is 5.26 Å². The second kappa shape index (κ2) is 9.44. The fourth-order valence-electron chi connectivity index (χ4n) is 1.06. The van der Waals surface area contributed by atoms with Crippen molar-refractivity contribution in [3.05, 3.63) is 0 Å². The highest BCUT2D eigenvalue weighted by atomic mass is 16.5. The molecule has 0 atom stereocenters. The van der Waals surface area contributed by atoms with Gasteiger partial charge >= 0.3 is 5.97 Å². The molecule has 0 aliphatic heterocycles. The van der Waals surface area contributed by atoms with E-state index in [9.17, 15) is 4.79 Å². The number of hydrogen-bond donors (Lipinski definition) is 0. The summed E-state index contributed by atoms with van der Waals surface area (Å²) < 4.78 is 9.70. The molecule has 0 saturated carbocycles. The Hall–Kier alpha value is -1.12. The summed E-state index contributed by atoms with van der Waals surface area (Å²) in [6.07, 6.45) is 0.310. The highest BCUT2D eigenvalue weighted by Gasteiger charge is 2.07. The Morgan fingerprint density at radius 2 is 2.20 bits per heavy atom. The molecule has 0 N–H and O–H groups in total. The lowest BCUT2D eigenvalue weighted by molar-refractivity contribution is -0.141. The summed E-state index contributed by atoms with van der Waals surface area (Å²) in [6.45, 7) is 4.68. The van der Waals surface area contributed by atoms with Gasteiger partial charge in [-0.3, -0.25) is 9.69 Å². The van der Waals surface area contributed by atoms with E-state index in [1.54, 1.807) is 0 Å². The minimum Gasteiger partial charge on any atom is -0.469 e. The Morgan fingerprint density at radius 1 is 1.47 bits per heavy atom. The van der Waals surface area contributed by atoms with Crippen molar-refractivity contribution < 1.29 is 14.3 Å².